The third-order valence-electron chi connectivity index (χ3n) is 3.74. The molecule has 0 radical (unpaired) electrons. The monoisotopic (exact) mass is 387 g/mol. The van der Waals surface area contributed by atoms with Gasteiger partial charge in [0.2, 0.25) is 0 Å². The molecular formula is C16H13F4N3O2S. The SMILES string of the molecule is Cc1cccc2nc(CNc3ccc(F)cc3S(=O)(=O)C(F)(F)F)cn12. The highest BCUT2D eigenvalue weighted by molar-refractivity contribution is 7.92. The van der Waals surface area contributed by atoms with Crippen molar-refractivity contribution in [3.63, 3.8) is 0 Å². The summed E-state index contributed by atoms with van der Waals surface area (Å²) in [5.41, 5.74) is -3.85. The number of sulfone groups is 1. The predicted molar refractivity (Wildman–Crippen MR) is 86.9 cm³/mol. The van der Waals surface area contributed by atoms with E-state index in [1.807, 2.05) is 19.1 Å². The molecule has 1 aromatic carbocycles. The van der Waals surface area contributed by atoms with Crippen LogP contribution in [0, 0.1) is 12.7 Å². The quantitative estimate of drug-likeness (QED) is 0.694. The van der Waals surface area contributed by atoms with Gasteiger partial charge in [-0.1, -0.05) is 6.07 Å². The van der Waals surface area contributed by atoms with Crippen LogP contribution < -0.4 is 5.32 Å². The summed E-state index contributed by atoms with van der Waals surface area (Å²) < 4.78 is 76.9. The van der Waals surface area contributed by atoms with Crippen molar-refractivity contribution < 1.29 is 26.0 Å². The number of rotatable bonds is 4. The maximum Gasteiger partial charge on any atom is 0.501 e. The molecule has 0 aliphatic rings. The number of anilines is 1. The Kier molecular flexibility index (Phi) is 4.39. The Labute approximate surface area is 146 Å². The van der Waals surface area contributed by atoms with Crippen molar-refractivity contribution in [1.29, 1.82) is 0 Å². The number of pyridine rings is 1. The molecule has 0 aliphatic carbocycles. The standard InChI is InChI=1S/C16H13F4N3O2S/c1-10-3-2-4-15-22-12(9-23(10)15)8-21-13-6-5-11(17)7-14(13)26(24,25)16(18,19)20/h2-7,9,21H,8H2,1H3. The van der Waals surface area contributed by atoms with E-state index in [9.17, 15) is 26.0 Å². The van der Waals surface area contributed by atoms with Gasteiger partial charge in [0.25, 0.3) is 9.84 Å². The molecule has 0 saturated carbocycles. The smallest absolute Gasteiger partial charge is 0.378 e. The Hall–Kier alpha value is -2.62. The van der Waals surface area contributed by atoms with Crippen LogP contribution in [0.15, 0.2) is 47.5 Å². The molecule has 1 N–H and O–H groups in total. The van der Waals surface area contributed by atoms with Gasteiger partial charge in [-0.15, -0.1) is 0 Å². The second kappa shape index (κ2) is 6.27. The van der Waals surface area contributed by atoms with E-state index in [2.05, 4.69) is 10.3 Å². The lowest BCUT2D eigenvalue weighted by Gasteiger charge is -2.13. The van der Waals surface area contributed by atoms with Gasteiger partial charge in [0.1, 0.15) is 16.4 Å². The van der Waals surface area contributed by atoms with Crippen molar-refractivity contribution in [1.82, 2.24) is 9.38 Å². The average molecular weight is 387 g/mol. The fourth-order valence-electron chi connectivity index (χ4n) is 2.46. The summed E-state index contributed by atoms with van der Waals surface area (Å²) in [6.07, 6.45) is 1.68. The molecule has 0 bridgehead atoms. The summed E-state index contributed by atoms with van der Waals surface area (Å²) in [6.45, 7) is 1.83. The largest absolute Gasteiger partial charge is 0.501 e. The van der Waals surface area contributed by atoms with Gasteiger partial charge in [-0.3, -0.25) is 0 Å². The van der Waals surface area contributed by atoms with Gasteiger partial charge in [-0.2, -0.15) is 13.2 Å². The van der Waals surface area contributed by atoms with Crippen LogP contribution >= 0.6 is 0 Å². The van der Waals surface area contributed by atoms with E-state index in [0.29, 0.717) is 17.4 Å². The highest BCUT2D eigenvalue weighted by Gasteiger charge is 2.48. The Bertz CT molecular complexity index is 1070. The van der Waals surface area contributed by atoms with Crippen LogP contribution in [-0.2, 0) is 16.4 Å². The van der Waals surface area contributed by atoms with E-state index in [4.69, 9.17) is 0 Å². The second-order valence-electron chi connectivity index (χ2n) is 5.57. The Balaban J connectivity index is 1.94. The number of imidazole rings is 1. The molecule has 138 valence electrons. The normalized spacial score (nSPS) is 12.5. The Morgan fingerprint density at radius 2 is 1.92 bits per heavy atom. The molecule has 3 rings (SSSR count). The minimum Gasteiger partial charge on any atom is -0.378 e. The minimum atomic E-state index is -5.69. The van der Waals surface area contributed by atoms with Gasteiger partial charge >= 0.3 is 5.51 Å². The number of halogens is 4. The fraction of sp³-hybridized carbons (Fsp3) is 0.188. The summed E-state index contributed by atoms with van der Waals surface area (Å²) in [6, 6.07) is 7.61. The second-order valence-corrected chi connectivity index (χ2v) is 7.48. The molecule has 0 spiro atoms. The lowest BCUT2D eigenvalue weighted by atomic mass is 10.3. The van der Waals surface area contributed by atoms with Crippen molar-refractivity contribution in [3.05, 3.63) is 59.8 Å². The van der Waals surface area contributed by atoms with E-state index in [0.717, 1.165) is 17.8 Å². The zero-order valence-electron chi connectivity index (χ0n) is 13.4. The third kappa shape index (κ3) is 3.24. The number of aryl methyl sites for hydroxylation is 1. The number of aromatic nitrogens is 2. The zero-order chi connectivity index (χ0) is 19.1. The van der Waals surface area contributed by atoms with Gasteiger partial charge in [-0.25, -0.2) is 17.8 Å². The zero-order valence-corrected chi connectivity index (χ0v) is 14.2. The first-order valence-corrected chi connectivity index (χ1v) is 8.86. The van der Waals surface area contributed by atoms with Gasteiger partial charge in [-0.05, 0) is 37.3 Å². The van der Waals surface area contributed by atoms with Gasteiger partial charge in [0.05, 0.1) is 17.9 Å². The van der Waals surface area contributed by atoms with Gasteiger partial charge < -0.3 is 9.72 Å². The Morgan fingerprint density at radius 1 is 1.19 bits per heavy atom. The Morgan fingerprint density at radius 3 is 2.58 bits per heavy atom. The molecule has 0 atom stereocenters. The predicted octanol–water partition coefficient (Wildman–Crippen LogP) is 3.69. The summed E-state index contributed by atoms with van der Waals surface area (Å²) in [4.78, 5) is 3.14. The molecule has 2 heterocycles. The van der Waals surface area contributed by atoms with Crippen LogP contribution in [0.3, 0.4) is 0 Å². The molecule has 0 saturated heterocycles. The van der Waals surface area contributed by atoms with Crippen LogP contribution in [0.1, 0.15) is 11.4 Å². The summed E-state index contributed by atoms with van der Waals surface area (Å²) in [5, 5.41) is 2.59. The molecular weight excluding hydrogens is 374 g/mol. The number of nitrogens with one attached hydrogen (secondary N) is 1. The van der Waals surface area contributed by atoms with Crippen LogP contribution in [0.4, 0.5) is 23.2 Å². The van der Waals surface area contributed by atoms with Gasteiger partial charge in [0.15, 0.2) is 0 Å². The topological polar surface area (TPSA) is 63.5 Å². The van der Waals surface area contributed by atoms with Gasteiger partial charge in [0, 0.05) is 11.9 Å². The molecule has 0 fully saturated rings. The van der Waals surface area contributed by atoms with E-state index in [1.54, 1.807) is 16.7 Å². The van der Waals surface area contributed by atoms with E-state index < -0.39 is 26.1 Å². The molecule has 10 heteroatoms. The number of alkyl halides is 3. The van der Waals surface area contributed by atoms with E-state index >= 15 is 0 Å². The molecule has 3 aromatic rings. The van der Waals surface area contributed by atoms with Crippen molar-refractivity contribution in [2.45, 2.75) is 23.9 Å². The van der Waals surface area contributed by atoms with Crippen molar-refractivity contribution >= 4 is 21.2 Å². The fourth-order valence-corrected chi connectivity index (χ4v) is 3.41. The number of nitrogens with zero attached hydrogens (tertiary/aromatic N) is 2. The van der Waals surface area contributed by atoms with E-state index in [-0.39, 0.29) is 12.2 Å². The number of benzene rings is 1. The van der Waals surface area contributed by atoms with Crippen molar-refractivity contribution in [2.75, 3.05) is 5.32 Å². The average Bonchev–Trinajstić information content (AvgIpc) is 2.97. The maximum atomic E-state index is 13.3. The summed E-state index contributed by atoms with van der Waals surface area (Å²) in [7, 11) is -5.69. The lowest BCUT2D eigenvalue weighted by molar-refractivity contribution is -0.0435. The van der Waals surface area contributed by atoms with E-state index in [1.165, 1.54) is 0 Å². The minimum absolute atomic E-state index is 0.0346. The molecule has 0 aliphatic heterocycles. The summed E-state index contributed by atoms with van der Waals surface area (Å²) in [5.74, 6) is -1.08. The van der Waals surface area contributed by atoms with Crippen LogP contribution in [0.2, 0.25) is 0 Å². The molecule has 5 nitrogen and oxygen atoms in total. The van der Waals surface area contributed by atoms with Crippen LogP contribution in [0.25, 0.3) is 5.65 Å². The van der Waals surface area contributed by atoms with Crippen LogP contribution in [0.5, 0.6) is 0 Å². The highest BCUT2D eigenvalue weighted by Crippen LogP contribution is 2.35. The van der Waals surface area contributed by atoms with Crippen molar-refractivity contribution in [3.8, 4) is 0 Å². The van der Waals surface area contributed by atoms with Crippen molar-refractivity contribution in [2.24, 2.45) is 0 Å². The maximum absolute atomic E-state index is 13.3. The number of hydrogen-bond donors (Lipinski definition) is 1. The first-order chi connectivity index (χ1) is 12.1. The third-order valence-corrected chi connectivity index (χ3v) is 5.27. The first kappa shape index (κ1) is 18.2. The highest BCUT2D eigenvalue weighted by atomic mass is 32.2. The molecule has 26 heavy (non-hydrogen) atoms. The lowest BCUT2D eigenvalue weighted by Crippen LogP contribution is -2.24. The number of hydrogen-bond acceptors (Lipinski definition) is 4. The van der Waals surface area contributed by atoms with Crippen LogP contribution in [-0.4, -0.2) is 23.3 Å². The molecule has 0 unspecified atom stereocenters. The molecule has 0 amide bonds. The molecule has 2 aromatic heterocycles. The number of fused-ring (bicyclic) bond motifs is 1. The summed E-state index contributed by atoms with van der Waals surface area (Å²) >= 11 is 0. The first-order valence-electron chi connectivity index (χ1n) is 7.38.